The number of aryl methyl sites for hydroxylation is 1. The van der Waals surface area contributed by atoms with Gasteiger partial charge >= 0.3 is 0 Å². The van der Waals surface area contributed by atoms with Gasteiger partial charge in [0.25, 0.3) is 0 Å². The molecule has 0 bridgehead atoms. The first-order valence-corrected chi connectivity index (χ1v) is 9.63. The van der Waals surface area contributed by atoms with Crippen molar-refractivity contribution in [1.29, 1.82) is 0 Å². The monoisotopic (exact) mass is 478 g/mol. The van der Waals surface area contributed by atoms with Crippen molar-refractivity contribution in [2.24, 2.45) is 10.9 Å². The van der Waals surface area contributed by atoms with Crippen LogP contribution in [0.4, 0.5) is 0 Å². The Balaban J connectivity index is 0.00000338. The molecule has 2 rings (SSSR count). The van der Waals surface area contributed by atoms with E-state index in [0.29, 0.717) is 5.92 Å². The molecule has 150 valence electrons. The number of halogens is 1. The van der Waals surface area contributed by atoms with Gasteiger partial charge < -0.3 is 19.9 Å². The molecular formula is C18H35IN6O. The van der Waals surface area contributed by atoms with E-state index in [4.69, 9.17) is 9.73 Å². The van der Waals surface area contributed by atoms with Crippen molar-refractivity contribution < 1.29 is 4.74 Å². The number of hydrogen-bond donors (Lipinski definition) is 2. The average Bonchev–Trinajstić information content (AvgIpc) is 3.25. The molecule has 0 aliphatic carbocycles. The molecule has 2 N–H and O–H groups in total. The van der Waals surface area contributed by atoms with Crippen LogP contribution in [0.5, 0.6) is 0 Å². The lowest BCUT2D eigenvalue weighted by Gasteiger charge is -2.23. The fourth-order valence-corrected chi connectivity index (χ4v) is 2.93. The van der Waals surface area contributed by atoms with Crippen molar-refractivity contribution in [3.8, 4) is 0 Å². The number of aliphatic imine (C=N–C) groups is 1. The van der Waals surface area contributed by atoms with Crippen LogP contribution in [0.1, 0.15) is 52.8 Å². The molecule has 0 saturated carbocycles. The van der Waals surface area contributed by atoms with Gasteiger partial charge in [0.1, 0.15) is 12.2 Å². The summed E-state index contributed by atoms with van der Waals surface area (Å²) in [5.74, 6) is 2.54. The molecule has 1 aliphatic heterocycles. The highest BCUT2D eigenvalue weighted by Gasteiger charge is 2.23. The molecule has 2 unspecified atom stereocenters. The Kier molecular flexibility index (Phi) is 11.1. The van der Waals surface area contributed by atoms with Crippen LogP contribution >= 0.6 is 24.0 Å². The van der Waals surface area contributed by atoms with Crippen molar-refractivity contribution in [2.75, 3.05) is 19.7 Å². The topological polar surface area (TPSA) is 76.4 Å². The predicted molar refractivity (Wildman–Crippen MR) is 116 cm³/mol. The van der Waals surface area contributed by atoms with Crippen molar-refractivity contribution in [2.45, 2.75) is 72.1 Å². The number of nitrogens with zero attached hydrogens (tertiary/aromatic N) is 4. The Bertz CT molecular complexity index is 528. The third kappa shape index (κ3) is 7.77. The summed E-state index contributed by atoms with van der Waals surface area (Å²) in [6.45, 7) is 12.0. The molecule has 1 fully saturated rings. The first-order valence-electron chi connectivity index (χ1n) is 9.63. The van der Waals surface area contributed by atoms with Crippen LogP contribution in [0.3, 0.4) is 0 Å². The van der Waals surface area contributed by atoms with Crippen molar-refractivity contribution in [1.82, 2.24) is 25.4 Å². The quantitative estimate of drug-likeness (QED) is 0.324. The molecule has 1 aromatic rings. The Hall–Kier alpha value is -0.900. The highest BCUT2D eigenvalue weighted by Crippen LogP contribution is 2.15. The molecule has 0 aromatic carbocycles. The number of aromatic nitrogens is 3. The maximum atomic E-state index is 5.79. The first kappa shape index (κ1) is 23.1. The summed E-state index contributed by atoms with van der Waals surface area (Å²) >= 11 is 0. The van der Waals surface area contributed by atoms with Crippen molar-refractivity contribution in [3.05, 3.63) is 12.2 Å². The molecular weight excluding hydrogens is 443 g/mol. The summed E-state index contributed by atoms with van der Waals surface area (Å²) in [6.07, 6.45) is 6.32. The van der Waals surface area contributed by atoms with Gasteiger partial charge in [-0.25, -0.2) is 0 Å². The van der Waals surface area contributed by atoms with Gasteiger partial charge in [-0.05, 0) is 32.1 Å². The van der Waals surface area contributed by atoms with Crippen molar-refractivity contribution in [3.63, 3.8) is 0 Å². The summed E-state index contributed by atoms with van der Waals surface area (Å²) < 4.78 is 7.87. The first-order chi connectivity index (χ1) is 12.1. The fourth-order valence-electron chi connectivity index (χ4n) is 2.93. The van der Waals surface area contributed by atoms with Crippen LogP contribution in [0.2, 0.25) is 0 Å². The van der Waals surface area contributed by atoms with E-state index >= 15 is 0 Å². The Morgan fingerprint density at radius 1 is 1.42 bits per heavy atom. The molecule has 1 aliphatic rings. The van der Waals surface area contributed by atoms with Crippen LogP contribution in [0.15, 0.2) is 11.3 Å². The van der Waals surface area contributed by atoms with Gasteiger partial charge in [0, 0.05) is 32.7 Å². The van der Waals surface area contributed by atoms with Gasteiger partial charge in [0.15, 0.2) is 5.96 Å². The second-order valence-electron chi connectivity index (χ2n) is 7.12. The zero-order valence-corrected chi connectivity index (χ0v) is 18.9. The summed E-state index contributed by atoms with van der Waals surface area (Å²) in [5, 5.41) is 15.1. The molecule has 8 heteroatoms. The smallest absolute Gasteiger partial charge is 0.191 e. The zero-order valence-electron chi connectivity index (χ0n) is 16.6. The van der Waals surface area contributed by atoms with Gasteiger partial charge in [0.2, 0.25) is 0 Å². The minimum absolute atomic E-state index is 0. The largest absolute Gasteiger partial charge is 0.376 e. The van der Waals surface area contributed by atoms with Gasteiger partial charge in [-0.1, -0.05) is 20.8 Å². The molecule has 1 aromatic heterocycles. The van der Waals surface area contributed by atoms with Crippen LogP contribution in [-0.4, -0.2) is 52.6 Å². The lowest BCUT2D eigenvalue weighted by atomic mass is 10.1. The number of rotatable bonds is 9. The SMILES string of the molecule is CCc1nncn1CCNC(=NCCC(C)C)NC(C)C1CCCO1.I. The molecule has 0 spiro atoms. The van der Waals surface area contributed by atoms with Gasteiger partial charge in [0.05, 0.1) is 12.1 Å². The third-order valence-electron chi connectivity index (χ3n) is 4.52. The maximum Gasteiger partial charge on any atom is 0.191 e. The minimum atomic E-state index is 0. The summed E-state index contributed by atoms with van der Waals surface area (Å²) in [5.41, 5.74) is 0. The number of guanidine groups is 1. The van der Waals surface area contributed by atoms with Crippen LogP contribution in [0, 0.1) is 5.92 Å². The maximum absolute atomic E-state index is 5.79. The molecule has 0 amide bonds. The van der Waals surface area contributed by atoms with E-state index in [0.717, 1.165) is 63.7 Å². The second-order valence-corrected chi connectivity index (χ2v) is 7.12. The molecule has 7 nitrogen and oxygen atoms in total. The average molecular weight is 478 g/mol. The second kappa shape index (κ2) is 12.5. The Labute approximate surface area is 174 Å². The van der Waals surface area contributed by atoms with Crippen LogP contribution in [0.25, 0.3) is 0 Å². The molecule has 2 atom stereocenters. The van der Waals surface area contributed by atoms with E-state index in [1.165, 1.54) is 0 Å². The van der Waals surface area contributed by atoms with E-state index < -0.39 is 0 Å². The normalized spacial score (nSPS) is 18.7. The van der Waals surface area contributed by atoms with Gasteiger partial charge in [-0.15, -0.1) is 34.2 Å². The lowest BCUT2D eigenvalue weighted by molar-refractivity contribution is 0.0890. The standard InChI is InChI=1S/C18H34N6O.HI/c1-5-17-23-21-13-24(17)11-10-20-18(19-9-8-14(2)3)22-15(4)16-7-6-12-25-16;/h13-16H,5-12H2,1-4H3,(H2,19,20,22);1H. The van der Waals surface area contributed by atoms with Gasteiger partial charge in [-0.2, -0.15) is 0 Å². The molecule has 1 saturated heterocycles. The van der Waals surface area contributed by atoms with Crippen LogP contribution < -0.4 is 10.6 Å². The summed E-state index contributed by atoms with van der Waals surface area (Å²) in [7, 11) is 0. The Morgan fingerprint density at radius 3 is 2.88 bits per heavy atom. The highest BCUT2D eigenvalue weighted by atomic mass is 127. The number of ether oxygens (including phenoxy) is 1. The number of nitrogens with one attached hydrogen (secondary N) is 2. The summed E-state index contributed by atoms with van der Waals surface area (Å²) in [6, 6.07) is 0.258. The third-order valence-corrected chi connectivity index (χ3v) is 4.52. The molecule has 2 heterocycles. The van der Waals surface area contributed by atoms with E-state index in [9.17, 15) is 0 Å². The highest BCUT2D eigenvalue weighted by molar-refractivity contribution is 14.0. The van der Waals surface area contributed by atoms with E-state index in [1.54, 1.807) is 6.33 Å². The fraction of sp³-hybridized carbons (Fsp3) is 0.833. The van der Waals surface area contributed by atoms with Crippen LogP contribution in [-0.2, 0) is 17.7 Å². The zero-order chi connectivity index (χ0) is 18.1. The predicted octanol–water partition coefficient (Wildman–Crippen LogP) is 2.61. The molecule has 26 heavy (non-hydrogen) atoms. The minimum Gasteiger partial charge on any atom is -0.376 e. The lowest BCUT2D eigenvalue weighted by Crippen LogP contribution is -2.47. The molecule has 0 radical (unpaired) electrons. The van der Waals surface area contributed by atoms with Gasteiger partial charge in [-0.3, -0.25) is 4.99 Å². The Morgan fingerprint density at radius 2 is 2.23 bits per heavy atom. The van der Waals surface area contributed by atoms with Crippen molar-refractivity contribution >= 4 is 29.9 Å². The van der Waals surface area contributed by atoms with E-state index in [1.807, 2.05) is 0 Å². The number of hydrogen-bond acceptors (Lipinski definition) is 4. The van der Waals surface area contributed by atoms with E-state index in [-0.39, 0.29) is 36.1 Å². The van der Waals surface area contributed by atoms with E-state index in [2.05, 4.69) is 53.1 Å². The summed E-state index contributed by atoms with van der Waals surface area (Å²) in [4.78, 5) is 4.74.